The fourth-order valence-electron chi connectivity index (χ4n) is 3.50. The van der Waals surface area contributed by atoms with Crippen molar-refractivity contribution in [3.8, 4) is 0 Å². The molecule has 0 radical (unpaired) electrons. The molecule has 0 spiro atoms. The van der Waals surface area contributed by atoms with Crippen LogP contribution in [0.25, 0.3) is 21.8 Å². The Balaban J connectivity index is 1.85. The second-order valence-electron chi connectivity index (χ2n) is 6.40. The number of nitrogens with two attached hydrogens (primary N) is 2. The Hall–Kier alpha value is -2.90. The molecule has 3 aromatic rings. The molecule has 7 heteroatoms. The van der Waals surface area contributed by atoms with Crippen molar-refractivity contribution in [3.63, 3.8) is 0 Å². The minimum atomic E-state index is -0.445. The number of hydrogen-bond donors (Lipinski definition) is 3. The average Bonchev–Trinajstić information content (AvgIpc) is 2.96. The van der Waals surface area contributed by atoms with E-state index in [1.165, 1.54) is 0 Å². The van der Waals surface area contributed by atoms with E-state index in [0.29, 0.717) is 18.7 Å². The molecular weight excluding hydrogens is 330 g/mol. The number of nitrogens with zero attached hydrogens (tertiary/aromatic N) is 2. The van der Waals surface area contributed by atoms with E-state index in [4.69, 9.17) is 16.2 Å². The molecule has 1 fully saturated rings. The zero-order valence-electron chi connectivity index (χ0n) is 14.3. The lowest BCUT2D eigenvalue weighted by Gasteiger charge is -2.24. The number of aromatic nitrogens is 1. The Bertz CT molecular complexity index is 998. The third-order valence-electron chi connectivity index (χ3n) is 4.64. The number of fused-ring (bicyclic) bond motifs is 3. The molecule has 1 atom stereocenters. The van der Waals surface area contributed by atoms with Gasteiger partial charge in [0.2, 0.25) is 0 Å². The zero-order valence-corrected chi connectivity index (χ0v) is 14.3. The van der Waals surface area contributed by atoms with Gasteiger partial charge in [0.1, 0.15) is 0 Å². The lowest BCUT2D eigenvalue weighted by atomic mass is 10.1. The Morgan fingerprint density at radius 1 is 1.19 bits per heavy atom. The molecule has 2 heterocycles. The van der Waals surface area contributed by atoms with Gasteiger partial charge in [0.25, 0.3) is 5.91 Å². The highest BCUT2D eigenvalue weighted by Crippen LogP contribution is 2.30. The summed E-state index contributed by atoms with van der Waals surface area (Å²) in [6.07, 6.45) is 0.0832. The smallest absolute Gasteiger partial charge is 0.280 e. The lowest BCUT2D eigenvalue weighted by molar-refractivity contribution is 0.0196. The van der Waals surface area contributed by atoms with Crippen molar-refractivity contribution in [1.82, 2.24) is 9.88 Å². The number of carbonyl (C=O) groups is 1. The first-order valence-corrected chi connectivity index (χ1v) is 8.61. The van der Waals surface area contributed by atoms with E-state index in [0.717, 1.165) is 34.9 Å². The molecule has 1 aliphatic rings. The van der Waals surface area contributed by atoms with Gasteiger partial charge in [-0.15, -0.1) is 0 Å². The maximum atomic E-state index is 12.2. The van der Waals surface area contributed by atoms with Crippen molar-refractivity contribution in [2.24, 2.45) is 16.5 Å². The Kier molecular flexibility index (Phi) is 4.32. The molecule has 1 aliphatic heterocycles. The number of benzene rings is 2. The average molecular weight is 351 g/mol. The molecule has 1 saturated heterocycles. The molecule has 134 valence electrons. The summed E-state index contributed by atoms with van der Waals surface area (Å²) in [5, 5.41) is 5.59. The van der Waals surface area contributed by atoms with E-state index in [9.17, 15) is 4.79 Å². The summed E-state index contributed by atoms with van der Waals surface area (Å²) < 4.78 is 8.08. The first kappa shape index (κ1) is 16.6. The number of ether oxygens (including phenoxy) is 1. The van der Waals surface area contributed by atoms with Gasteiger partial charge in [-0.05, 0) is 18.2 Å². The minimum absolute atomic E-state index is 0.0832. The number of hydrogen-bond acceptors (Lipinski definition) is 3. The zero-order chi connectivity index (χ0) is 18.1. The van der Waals surface area contributed by atoms with Crippen LogP contribution in [0.3, 0.4) is 0 Å². The van der Waals surface area contributed by atoms with Crippen molar-refractivity contribution >= 4 is 33.7 Å². The Morgan fingerprint density at radius 3 is 2.77 bits per heavy atom. The predicted octanol–water partition coefficient (Wildman–Crippen LogP) is 1.20. The molecule has 4 rings (SSSR count). The summed E-state index contributed by atoms with van der Waals surface area (Å²) in [4.78, 5) is 15.9. The SMILES string of the molecule is NC(N)=NC(=O)c1ccc2c3ccccc3n(CC3CNCCO3)c2c1. The molecule has 0 saturated carbocycles. The number of aliphatic imine (C=N–C) groups is 1. The molecule has 1 unspecified atom stereocenters. The van der Waals surface area contributed by atoms with Gasteiger partial charge in [-0.1, -0.05) is 24.3 Å². The number of guanidine groups is 1. The Morgan fingerprint density at radius 2 is 2.00 bits per heavy atom. The summed E-state index contributed by atoms with van der Waals surface area (Å²) in [6, 6.07) is 13.8. The summed E-state index contributed by atoms with van der Waals surface area (Å²) in [5.41, 5.74) is 13.2. The molecule has 1 aromatic heterocycles. The van der Waals surface area contributed by atoms with Gasteiger partial charge >= 0.3 is 0 Å². The first-order valence-electron chi connectivity index (χ1n) is 8.61. The molecule has 1 amide bonds. The van der Waals surface area contributed by atoms with Crippen LogP contribution in [0.5, 0.6) is 0 Å². The molecule has 0 aliphatic carbocycles. The van der Waals surface area contributed by atoms with Crippen LogP contribution in [0.2, 0.25) is 0 Å². The normalized spacial score (nSPS) is 17.5. The number of morpholine rings is 1. The molecular formula is C19H21N5O2. The van der Waals surface area contributed by atoms with Gasteiger partial charge in [0, 0.05) is 40.5 Å². The topological polar surface area (TPSA) is 108 Å². The van der Waals surface area contributed by atoms with Gasteiger partial charge in [-0.2, -0.15) is 4.99 Å². The number of nitrogens with one attached hydrogen (secondary N) is 1. The van der Waals surface area contributed by atoms with Gasteiger partial charge in [0.15, 0.2) is 5.96 Å². The van der Waals surface area contributed by atoms with E-state index in [2.05, 4.69) is 27.0 Å². The van der Waals surface area contributed by atoms with Crippen LogP contribution in [-0.4, -0.2) is 42.2 Å². The number of para-hydroxylation sites is 1. The maximum Gasteiger partial charge on any atom is 0.280 e. The highest BCUT2D eigenvalue weighted by molar-refractivity contribution is 6.11. The summed E-state index contributed by atoms with van der Waals surface area (Å²) in [6.45, 7) is 3.09. The quantitative estimate of drug-likeness (QED) is 0.485. The van der Waals surface area contributed by atoms with Crippen molar-refractivity contribution in [2.75, 3.05) is 19.7 Å². The van der Waals surface area contributed by atoms with E-state index < -0.39 is 5.91 Å². The fourth-order valence-corrected chi connectivity index (χ4v) is 3.50. The second-order valence-corrected chi connectivity index (χ2v) is 6.40. The van der Waals surface area contributed by atoms with Crippen LogP contribution >= 0.6 is 0 Å². The summed E-state index contributed by atoms with van der Waals surface area (Å²) in [5.74, 6) is -0.684. The highest BCUT2D eigenvalue weighted by Gasteiger charge is 2.18. The maximum absolute atomic E-state index is 12.2. The van der Waals surface area contributed by atoms with E-state index in [-0.39, 0.29) is 12.1 Å². The van der Waals surface area contributed by atoms with Crippen LogP contribution in [0.15, 0.2) is 47.5 Å². The predicted molar refractivity (Wildman–Crippen MR) is 102 cm³/mol. The number of amides is 1. The monoisotopic (exact) mass is 351 g/mol. The minimum Gasteiger partial charge on any atom is -0.374 e. The fraction of sp³-hybridized carbons (Fsp3) is 0.263. The second kappa shape index (κ2) is 6.78. The summed E-state index contributed by atoms with van der Waals surface area (Å²) in [7, 11) is 0. The van der Waals surface area contributed by atoms with Crippen LogP contribution in [-0.2, 0) is 11.3 Å². The number of carbonyl (C=O) groups excluding carboxylic acids is 1. The third kappa shape index (κ3) is 3.02. The van der Waals surface area contributed by atoms with E-state index in [1.54, 1.807) is 6.07 Å². The Labute approximate surface area is 150 Å². The standard InChI is InChI=1S/C19H21N5O2/c20-19(21)23-18(25)12-5-6-15-14-3-1-2-4-16(14)24(17(15)9-12)11-13-10-22-7-8-26-13/h1-6,9,13,22H,7-8,10-11H2,(H4,20,21,23,25). The van der Waals surface area contributed by atoms with Crippen molar-refractivity contribution in [3.05, 3.63) is 48.0 Å². The van der Waals surface area contributed by atoms with Gasteiger partial charge in [0.05, 0.1) is 19.3 Å². The van der Waals surface area contributed by atoms with Crippen LogP contribution in [0.1, 0.15) is 10.4 Å². The van der Waals surface area contributed by atoms with Crippen molar-refractivity contribution in [2.45, 2.75) is 12.6 Å². The molecule has 26 heavy (non-hydrogen) atoms. The molecule has 5 N–H and O–H groups in total. The van der Waals surface area contributed by atoms with Crippen molar-refractivity contribution in [1.29, 1.82) is 0 Å². The van der Waals surface area contributed by atoms with Gasteiger partial charge < -0.3 is 26.1 Å². The first-order chi connectivity index (χ1) is 12.6. The largest absolute Gasteiger partial charge is 0.374 e. The van der Waals surface area contributed by atoms with Gasteiger partial charge in [-0.3, -0.25) is 4.79 Å². The number of rotatable bonds is 3. The van der Waals surface area contributed by atoms with Crippen LogP contribution in [0, 0.1) is 0 Å². The highest BCUT2D eigenvalue weighted by atomic mass is 16.5. The van der Waals surface area contributed by atoms with E-state index >= 15 is 0 Å². The summed E-state index contributed by atoms with van der Waals surface area (Å²) >= 11 is 0. The molecule has 2 aromatic carbocycles. The van der Waals surface area contributed by atoms with Crippen LogP contribution < -0.4 is 16.8 Å². The van der Waals surface area contributed by atoms with Crippen molar-refractivity contribution < 1.29 is 9.53 Å². The lowest BCUT2D eigenvalue weighted by Crippen LogP contribution is -2.40. The van der Waals surface area contributed by atoms with E-state index in [1.807, 2.05) is 24.3 Å². The van der Waals surface area contributed by atoms with Gasteiger partial charge in [-0.25, -0.2) is 0 Å². The molecule has 7 nitrogen and oxygen atoms in total. The van der Waals surface area contributed by atoms with Crippen LogP contribution in [0.4, 0.5) is 0 Å². The molecule has 0 bridgehead atoms. The third-order valence-corrected chi connectivity index (χ3v) is 4.64.